The quantitative estimate of drug-likeness (QED) is 0.419. The minimum atomic E-state index is -0.446. The molecule has 1 aliphatic heterocycles. The number of benzene rings is 2. The van der Waals surface area contributed by atoms with Crippen molar-refractivity contribution >= 4 is 34.9 Å². The third-order valence-corrected chi connectivity index (χ3v) is 5.85. The van der Waals surface area contributed by atoms with Crippen LogP contribution in [0.5, 0.6) is 5.75 Å². The van der Waals surface area contributed by atoms with E-state index in [0.29, 0.717) is 40.8 Å². The minimum absolute atomic E-state index is 0.232. The van der Waals surface area contributed by atoms with Crippen molar-refractivity contribution in [1.29, 1.82) is 0 Å². The van der Waals surface area contributed by atoms with E-state index in [1.807, 2.05) is 44.7 Å². The first-order valence-corrected chi connectivity index (χ1v) is 11.7. The molecule has 0 saturated carbocycles. The first-order valence-electron chi connectivity index (χ1n) is 11.3. The van der Waals surface area contributed by atoms with Crippen molar-refractivity contribution in [2.75, 3.05) is 25.6 Å². The molecule has 0 fully saturated rings. The number of nitrogens with one attached hydrogen (secondary N) is 2. The second-order valence-electron chi connectivity index (χ2n) is 8.43. The summed E-state index contributed by atoms with van der Waals surface area (Å²) in [6.45, 7) is 8.84. The second-order valence-corrected chi connectivity index (χ2v) is 8.81. The molecule has 2 aromatic carbocycles. The molecule has 0 saturated heterocycles. The molecule has 8 heteroatoms. The highest BCUT2D eigenvalue weighted by atomic mass is 32.1. The van der Waals surface area contributed by atoms with Crippen LogP contribution in [0, 0.1) is 5.92 Å². The van der Waals surface area contributed by atoms with Gasteiger partial charge in [-0.25, -0.2) is 4.79 Å². The average molecular weight is 482 g/mol. The fraction of sp³-hybridized carbons (Fsp3) is 0.346. The summed E-state index contributed by atoms with van der Waals surface area (Å²) in [6, 6.07) is 13.8. The largest absolute Gasteiger partial charge is 0.497 e. The summed E-state index contributed by atoms with van der Waals surface area (Å²) in [7, 11) is 1.56. The lowest BCUT2D eigenvalue weighted by molar-refractivity contribution is -0.140. The van der Waals surface area contributed by atoms with Gasteiger partial charge in [0.1, 0.15) is 5.75 Å². The minimum Gasteiger partial charge on any atom is -0.497 e. The molecular weight excluding hydrogens is 450 g/mol. The maximum absolute atomic E-state index is 13.0. The number of methoxy groups -OCH3 is 1. The predicted octanol–water partition coefficient (Wildman–Crippen LogP) is 4.67. The zero-order valence-corrected chi connectivity index (χ0v) is 21.0. The Morgan fingerprint density at radius 1 is 1.18 bits per heavy atom. The number of carbonyl (C=O) groups is 2. The van der Waals surface area contributed by atoms with E-state index in [4.69, 9.17) is 21.7 Å². The molecule has 180 valence electrons. The highest BCUT2D eigenvalue weighted by Crippen LogP contribution is 2.32. The van der Waals surface area contributed by atoms with E-state index in [9.17, 15) is 9.59 Å². The monoisotopic (exact) mass is 481 g/mol. The molecule has 0 aliphatic carbocycles. The van der Waals surface area contributed by atoms with Crippen molar-refractivity contribution < 1.29 is 19.1 Å². The van der Waals surface area contributed by atoms with Gasteiger partial charge in [0, 0.05) is 23.5 Å². The molecule has 0 bridgehead atoms. The number of amides is 1. The maximum Gasteiger partial charge on any atom is 0.338 e. The summed E-state index contributed by atoms with van der Waals surface area (Å²) >= 11 is 5.54. The zero-order chi connectivity index (χ0) is 24.8. The number of hydrogen-bond acceptors (Lipinski definition) is 5. The van der Waals surface area contributed by atoms with Gasteiger partial charge in [0.05, 0.1) is 25.3 Å². The molecule has 1 amide bonds. The first-order chi connectivity index (χ1) is 16.2. The van der Waals surface area contributed by atoms with Crippen LogP contribution < -0.4 is 15.4 Å². The van der Waals surface area contributed by atoms with Gasteiger partial charge in [0.2, 0.25) is 0 Å². The number of esters is 1. The summed E-state index contributed by atoms with van der Waals surface area (Å²) in [4.78, 5) is 27.5. The van der Waals surface area contributed by atoms with Crippen molar-refractivity contribution in [1.82, 2.24) is 10.2 Å². The van der Waals surface area contributed by atoms with Gasteiger partial charge < -0.3 is 25.0 Å². The average Bonchev–Trinajstić information content (AvgIpc) is 2.83. The summed E-state index contributed by atoms with van der Waals surface area (Å²) in [5.74, 6) is 0.245. The van der Waals surface area contributed by atoms with Gasteiger partial charge in [-0.1, -0.05) is 32.0 Å². The smallest absolute Gasteiger partial charge is 0.338 e. The van der Waals surface area contributed by atoms with E-state index in [1.165, 1.54) is 0 Å². The number of allylic oxidation sites excluding steroid dienone is 1. The van der Waals surface area contributed by atoms with Crippen LogP contribution in [0.2, 0.25) is 0 Å². The Kier molecular flexibility index (Phi) is 8.28. The van der Waals surface area contributed by atoms with Crippen LogP contribution in [0.3, 0.4) is 0 Å². The molecule has 1 atom stereocenters. The predicted molar refractivity (Wildman–Crippen MR) is 137 cm³/mol. The number of hydrogen-bond donors (Lipinski definition) is 2. The number of thiocarbonyl (C=S) groups is 1. The number of nitrogens with zero attached hydrogens (tertiary/aromatic N) is 1. The number of ether oxygens (including phenoxy) is 2. The van der Waals surface area contributed by atoms with Crippen LogP contribution in [-0.4, -0.2) is 42.2 Å². The second kappa shape index (κ2) is 11.2. The molecule has 0 radical (unpaired) electrons. The van der Waals surface area contributed by atoms with Crippen molar-refractivity contribution in [2.45, 2.75) is 33.7 Å². The van der Waals surface area contributed by atoms with Gasteiger partial charge >= 0.3 is 5.97 Å². The molecule has 0 aromatic heterocycles. The van der Waals surface area contributed by atoms with Crippen LogP contribution in [0.25, 0.3) is 0 Å². The number of anilines is 1. The number of carbonyl (C=O) groups excluding carboxylic acids is 2. The van der Waals surface area contributed by atoms with E-state index in [0.717, 1.165) is 11.3 Å². The standard InChI is InChI=1S/C26H31N3O4S/c1-6-29-17(4)22(25(31)33-15-16(2)3)23(28-26(29)34)18-10-12-20(13-11-18)27-24(30)19-8-7-9-21(14-19)32-5/h7-14,16,23H,6,15H2,1-5H3,(H,27,30)(H,28,34). The molecule has 0 spiro atoms. The fourth-order valence-electron chi connectivity index (χ4n) is 3.72. The molecule has 7 nitrogen and oxygen atoms in total. The topological polar surface area (TPSA) is 79.9 Å². The van der Waals surface area contributed by atoms with Gasteiger partial charge in [-0.15, -0.1) is 0 Å². The Morgan fingerprint density at radius 2 is 1.88 bits per heavy atom. The van der Waals surface area contributed by atoms with Crippen LogP contribution in [-0.2, 0) is 9.53 Å². The van der Waals surface area contributed by atoms with Crippen LogP contribution in [0.15, 0.2) is 59.8 Å². The van der Waals surface area contributed by atoms with Gasteiger partial charge in [0.15, 0.2) is 5.11 Å². The Morgan fingerprint density at radius 3 is 2.50 bits per heavy atom. The van der Waals surface area contributed by atoms with Crippen LogP contribution in [0.1, 0.15) is 49.7 Å². The molecule has 1 aliphatic rings. The highest BCUT2D eigenvalue weighted by molar-refractivity contribution is 7.80. The van der Waals surface area contributed by atoms with Gasteiger partial charge in [-0.05, 0) is 67.9 Å². The summed E-state index contributed by atoms with van der Waals surface area (Å²) in [5, 5.41) is 6.72. The van der Waals surface area contributed by atoms with Crippen molar-refractivity contribution in [3.8, 4) is 5.75 Å². The van der Waals surface area contributed by atoms with Crippen molar-refractivity contribution in [3.05, 3.63) is 70.9 Å². The van der Waals surface area contributed by atoms with Crippen LogP contribution >= 0.6 is 12.2 Å². The lowest BCUT2D eigenvalue weighted by Crippen LogP contribution is -2.47. The van der Waals surface area contributed by atoms with Crippen molar-refractivity contribution in [3.63, 3.8) is 0 Å². The van der Waals surface area contributed by atoms with E-state index in [-0.39, 0.29) is 17.8 Å². The van der Waals surface area contributed by atoms with E-state index < -0.39 is 6.04 Å². The normalized spacial score (nSPS) is 15.8. The highest BCUT2D eigenvalue weighted by Gasteiger charge is 2.34. The Balaban J connectivity index is 1.84. The van der Waals surface area contributed by atoms with Gasteiger partial charge in [0.25, 0.3) is 5.91 Å². The van der Waals surface area contributed by atoms with E-state index in [1.54, 1.807) is 43.5 Å². The van der Waals surface area contributed by atoms with Crippen molar-refractivity contribution in [2.24, 2.45) is 5.92 Å². The third kappa shape index (κ3) is 5.75. The van der Waals surface area contributed by atoms with Gasteiger partial charge in [-0.3, -0.25) is 4.79 Å². The molecule has 2 N–H and O–H groups in total. The molecule has 2 aromatic rings. The summed E-state index contributed by atoms with van der Waals surface area (Å²) in [6.07, 6.45) is 0. The van der Waals surface area contributed by atoms with Crippen LogP contribution in [0.4, 0.5) is 5.69 Å². The zero-order valence-electron chi connectivity index (χ0n) is 20.2. The lowest BCUT2D eigenvalue weighted by atomic mass is 9.94. The summed E-state index contributed by atoms with van der Waals surface area (Å²) < 4.78 is 10.8. The maximum atomic E-state index is 13.0. The molecule has 1 heterocycles. The molecule has 3 rings (SSSR count). The SMILES string of the molecule is CCN1C(=S)NC(c2ccc(NC(=O)c3cccc(OC)c3)cc2)C(C(=O)OCC(C)C)=C1C. The third-order valence-electron chi connectivity index (χ3n) is 5.51. The molecular formula is C26H31N3O4S. The fourth-order valence-corrected chi connectivity index (χ4v) is 4.11. The molecule has 1 unspecified atom stereocenters. The number of rotatable bonds is 8. The summed E-state index contributed by atoms with van der Waals surface area (Å²) in [5.41, 5.74) is 3.28. The van der Waals surface area contributed by atoms with Gasteiger partial charge in [-0.2, -0.15) is 0 Å². The Labute approximate surface area is 206 Å². The lowest BCUT2D eigenvalue weighted by Gasteiger charge is -2.37. The van der Waals surface area contributed by atoms with E-state index >= 15 is 0 Å². The Hall–Kier alpha value is -3.39. The molecule has 34 heavy (non-hydrogen) atoms. The van der Waals surface area contributed by atoms with E-state index in [2.05, 4.69) is 10.6 Å². The first kappa shape index (κ1) is 25.2. The Bertz CT molecular complexity index is 1100.